The van der Waals surface area contributed by atoms with Crippen LogP contribution >= 0.6 is 34.5 Å². The van der Waals surface area contributed by atoms with Crippen LogP contribution in [0.4, 0.5) is 5.13 Å². The maximum absolute atomic E-state index is 13.2. The summed E-state index contributed by atoms with van der Waals surface area (Å²) < 4.78 is 2.87. The number of anilines is 1. The van der Waals surface area contributed by atoms with Gasteiger partial charge in [-0.15, -0.1) is 0 Å². The second-order valence-electron chi connectivity index (χ2n) is 7.03. The molecule has 1 aliphatic rings. The number of para-hydroxylation sites is 1. The highest BCUT2D eigenvalue weighted by Crippen LogP contribution is 2.34. The number of hydrogen-bond donors (Lipinski definition) is 2. The smallest absolute Gasteiger partial charge is 0.298 e. The Kier molecular flexibility index (Phi) is 4.99. The molecule has 2 aromatic heterocycles. The summed E-state index contributed by atoms with van der Waals surface area (Å²) in [5.41, 5.74) is 2.87. The highest BCUT2D eigenvalue weighted by molar-refractivity contribution is 7.22. The minimum absolute atomic E-state index is 0.309. The second kappa shape index (κ2) is 7.67. The number of nitrogens with one attached hydrogen (secondary N) is 2. The van der Waals surface area contributed by atoms with Crippen LogP contribution < -0.4 is 10.6 Å². The van der Waals surface area contributed by atoms with E-state index in [-0.39, 0.29) is 0 Å². The quantitative estimate of drug-likeness (QED) is 0.349. The van der Waals surface area contributed by atoms with Gasteiger partial charge in [-0.05, 0) is 18.2 Å². The van der Waals surface area contributed by atoms with Crippen LogP contribution in [0.1, 0.15) is 16.1 Å². The van der Waals surface area contributed by atoms with Crippen molar-refractivity contribution in [3.8, 4) is 0 Å². The third-order valence-corrected chi connectivity index (χ3v) is 6.62. The van der Waals surface area contributed by atoms with Gasteiger partial charge in [0.1, 0.15) is 5.52 Å². The van der Waals surface area contributed by atoms with E-state index >= 15 is 0 Å². The minimum atomic E-state index is -0.715. The van der Waals surface area contributed by atoms with Gasteiger partial charge in [-0.3, -0.25) is 14.9 Å². The summed E-state index contributed by atoms with van der Waals surface area (Å²) in [6, 6.07) is 11.0. The van der Waals surface area contributed by atoms with E-state index in [1.807, 2.05) is 24.3 Å². The molecule has 3 heterocycles. The number of carbonyl (C=O) groups excluding carboxylic acids is 2. The van der Waals surface area contributed by atoms with Crippen molar-refractivity contribution in [2.45, 2.75) is 13.0 Å². The molecule has 0 saturated heterocycles. The van der Waals surface area contributed by atoms with E-state index in [4.69, 9.17) is 23.2 Å². The van der Waals surface area contributed by atoms with Crippen molar-refractivity contribution < 1.29 is 9.59 Å². The molecule has 0 unspecified atom stereocenters. The van der Waals surface area contributed by atoms with Gasteiger partial charge < -0.3 is 9.88 Å². The summed E-state index contributed by atoms with van der Waals surface area (Å²) in [5.74, 6) is -1.28. The largest absolute Gasteiger partial charge is 0.343 e. The summed E-state index contributed by atoms with van der Waals surface area (Å²) in [6.07, 6.45) is 0.679. The van der Waals surface area contributed by atoms with Crippen molar-refractivity contribution in [2.24, 2.45) is 0 Å². The Morgan fingerprint density at radius 2 is 2.00 bits per heavy atom. The van der Waals surface area contributed by atoms with Crippen molar-refractivity contribution >= 4 is 72.5 Å². The third-order valence-electron chi connectivity index (χ3n) is 5.20. The van der Waals surface area contributed by atoms with Gasteiger partial charge in [-0.1, -0.05) is 52.7 Å². The summed E-state index contributed by atoms with van der Waals surface area (Å²) >= 11 is 13.5. The van der Waals surface area contributed by atoms with Crippen molar-refractivity contribution in [3.05, 3.63) is 57.7 Å². The number of nitrogens with zero attached hydrogens (tertiary/aromatic N) is 2. The fraction of sp³-hybridized carbons (Fsp3) is 0.190. The zero-order valence-corrected chi connectivity index (χ0v) is 18.0. The van der Waals surface area contributed by atoms with E-state index in [0.29, 0.717) is 32.7 Å². The molecule has 9 heteroatoms. The first-order chi connectivity index (χ1) is 14.5. The SMILES string of the molecule is O=C(Nc1nc2c(Cl)cc(Cl)cc2s1)C(=O)c1c2n(c3ccccc13)CCNCC2. The summed E-state index contributed by atoms with van der Waals surface area (Å²) in [6.45, 7) is 2.33. The number of Topliss-reactive ketones (excluding diaryl/α,β-unsaturated/α-hetero) is 1. The van der Waals surface area contributed by atoms with Gasteiger partial charge in [0.05, 0.1) is 15.3 Å². The third kappa shape index (κ3) is 3.28. The topological polar surface area (TPSA) is 76.0 Å². The van der Waals surface area contributed by atoms with E-state index in [9.17, 15) is 9.59 Å². The molecule has 0 spiro atoms. The van der Waals surface area contributed by atoms with Crippen LogP contribution in [0.5, 0.6) is 0 Å². The molecule has 6 nitrogen and oxygen atoms in total. The number of aromatic nitrogens is 2. The first kappa shape index (κ1) is 19.5. The average Bonchev–Trinajstić information content (AvgIpc) is 3.16. The van der Waals surface area contributed by atoms with Gasteiger partial charge in [0.15, 0.2) is 5.13 Å². The number of benzene rings is 2. The molecule has 0 aliphatic carbocycles. The molecule has 0 radical (unpaired) electrons. The van der Waals surface area contributed by atoms with Crippen LogP contribution in [-0.2, 0) is 17.8 Å². The van der Waals surface area contributed by atoms with Crippen molar-refractivity contribution in [2.75, 3.05) is 18.4 Å². The van der Waals surface area contributed by atoms with Crippen molar-refractivity contribution in [3.63, 3.8) is 0 Å². The number of thiazole rings is 1. The first-order valence-electron chi connectivity index (χ1n) is 9.45. The number of ketones is 1. The highest BCUT2D eigenvalue weighted by atomic mass is 35.5. The molecule has 2 aromatic carbocycles. The monoisotopic (exact) mass is 458 g/mol. The van der Waals surface area contributed by atoms with E-state index in [1.165, 1.54) is 11.3 Å². The summed E-state index contributed by atoms with van der Waals surface area (Å²) in [7, 11) is 0. The Balaban J connectivity index is 1.52. The first-order valence-corrected chi connectivity index (χ1v) is 11.0. The van der Waals surface area contributed by atoms with Crippen molar-refractivity contribution in [1.82, 2.24) is 14.9 Å². The number of rotatable bonds is 3. The lowest BCUT2D eigenvalue weighted by Crippen LogP contribution is -2.24. The Hall–Kier alpha value is -2.45. The Labute approximate surface area is 185 Å². The number of hydrogen-bond acceptors (Lipinski definition) is 5. The predicted octanol–water partition coefficient (Wildman–Crippen LogP) is 4.52. The fourth-order valence-electron chi connectivity index (χ4n) is 3.93. The number of carbonyl (C=O) groups is 2. The van der Waals surface area contributed by atoms with Crippen LogP contribution in [0, 0.1) is 0 Å². The van der Waals surface area contributed by atoms with Gasteiger partial charge in [0.2, 0.25) is 0 Å². The van der Waals surface area contributed by atoms with E-state index < -0.39 is 11.7 Å². The zero-order valence-electron chi connectivity index (χ0n) is 15.7. The van der Waals surface area contributed by atoms with Gasteiger partial charge in [-0.25, -0.2) is 4.98 Å². The molecule has 0 bridgehead atoms. The Bertz CT molecular complexity index is 1330. The number of halogens is 2. The maximum Gasteiger partial charge on any atom is 0.298 e. The second-order valence-corrected chi connectivity index (χ2v) is 8.90. The van der Waals surface area contributed by atoms with Gasteiger partial charge in [-0.2, -0.15) is 0 Å². The lowest BCUT2D eigenvalue weighted by atomic mass is 10.0. The van der Waals surface area contributed by atoms with E-state index in [1.54, 1.807) is 12.1 Å². The number of amides is 1. The Morgan fingerprint density at radius 3 is 2.87 bits per heavy atom. The molecule has 5 rings (SSSR count). The van der Waals surface area contributed by atoms with E-state index in [2.05, 4.69) is 20.2 Å². The molecular formula is C21H16Cl2N4O2S. The van der Waals surface area contributed by atoms with Crippen LogP contribution in [0.15, 0.2) is 36.4 Å². The van der Waals surface area contributed by atoms with Gasteiger partial charge >= 0.3 is 0 Å². The predicted molar refractivity (Wildman–Crippen MR) is 121 cm³/mol. The molecule has 2 N–H and O–H groups in total. The van der Waals surface area contributed by atoms with Crippen LogP contribution in [0.25, 0.3) is 21.1 Å². The molecule has 0 atom stereocenters. The minimum Gasteiger partial charge on any atom is -0.343 e. The van der Waals surface area contributed by atoms with Crippen LogP contribution in [-0.4, -0.2) is 34.3 Å². The van der Waals surface area contributed by atoms with Crippen molar-refractivity contribution in [1.29, 1.82) is 0 Å². The summed E-state index contributed by atoms with van der Waals surface area (Å²) in [5, 5.41) is 7.98. The van der Waals surface area contributed by atoms with Crippen LogP contribution in [0.3, 0.4) is 0 Å². The molecular weight excluding hydrogens is 443 g/mol. The molecule has 0 fully saturated rings. The molecule has 152 valence electrons. The highest BCUT2D eigenvalue weighted by Gasteiger charge is 2.28. The normalized spacial score (nSPS) is 13.9. The average molecular weight is 459 g/mol. The fourth-order valence-corrected chi connectivity index (χ4v) is 5.51. The molecule has 1 aliphatic heterocycles. The molecule has 4 aromatic rings. The van der Waals surface area contributed by atoms with Gasteiger partial charge in [0.25, 0.3) is 11.7 Å². The van der Waals surface area contributed by atoms with Gasteiger partial charge in [0, 0.05) is 47.7 Å². The number of fused-ring (bicyclic) bond motifs is 4. The lowest BCUT2D eigenvalue weighted by molar-refractivity contribution is -0.112. The van der Waals surface area contributed by atoms with E-state index in [0.717, 1.165) is 40.9 Å². The van der Waals surface area contributed by atoms with Crippen LogP contribution in [0.2, 0.25) is 10.0 Å². The lowest BCUT2D eigenvalue weighted by Gasteiger charge is -2.06. The zero-order chi connectivity index (χ0) is 20.8. The molecule has 0 saturated carbocycles. The standard InChI is InChI=1S/C21H16Cl2N4O2S/c22-11-9-13(23)18-16(10-11)30-21(25-18)26-20(29)19(28)17-12-3-1-2-4-14(12)27-8-7-24-6-5-15(17)27/h1-4,9-10,24H,5-8H2,(H,25,26,29). The Morgan fingerprint density at radius 1 is 1.17 bits per heavy atom. The molecule has 30 heavy (non-hydrogen) atoms. The maximum atomic E-state index is 13.2. The summed E-state index contributed by atoms with van der Waals surface area (Å²) in [4.78, 5) is 30.5. The molecule has 1 amide bonds.